The third kappa shape index (κ3) is 4.83. The molecule has 0 aliphatic carbocycles. The number of nitrogens with zero attached hydrogens (tertiary/aromatic N) is 2. The Morgan fingerprint density at radius 3 is 2.38 bits per heavy atom. The lowest BCUT2D eigenvalue weighted by Gasteiger charge is -2.36. The molecule has 2 aromatic carbocycles. The van der Waals surface area contributed by atoms with Crippen LogP contribution in [-0.4, -0.2) is 50.6 Å². The van der Waals surface area contributed by atoms with Gasteiger partial charge in [0.25, 0.3) is 5.91 Å². The summed E-state index contributed by atoms with van der Waals surface area (Å²) in [5.41, 5.74) is 1.83. The number of benzene rings is 2. The highest BCUT2D eigenvalue weighted by atomic mass is 79.9. The zero-order valence-electron chi connectivity index (χ0n) is 14.9. The average molecular weight is 421 g/mol. The van der Waals surface area contributed by atoms with E-state index in [1.165, 1.54) is 11.6 Å². The molecule has 0 bridgehead atoms. The molecule has 1 unspecified atom stereocenters. The van der Waals surface area contributed by atoms with Crippen LogP contribution >= 0.6 is 15.9 Å². The smallest absolute Gasteiger partial charge is 0.277 e. The van der Waals surface area contributed by atoms with Gasteiger partial charge in [0.1, 0.15) is 12.4 Å². The standard InChI is InChI=1S/C20H23BrFN3O/c1-23(14-16-6-8-17(21)9-7-16)15-20(26)25-12-10-24(11-13-25)19-5-3-2-4-18(19)22/h2-9H,10-15H2,1H3/p+1. The van der Waals surface area contributed by atoms with Crippen LogP contribution in [0.2, 0.25) is 0 Å². The predicted octanol–water partition coefficient (Wildman–Crippen LogP) is 1.95. The first-order chi connectivity index (χ1) is 12.5. The highest BCUT2D eigenvalue weighted by Crippen LogP contribution is 2.20. The maximum absolute atomic E-state index is 13.9. The molecule has 1 N–H and O–H groups in total. The molecule has 1 atom stereocenters. The third-order valence-corrected chi connectivity index (χ3v) is 5.23. The number of piperazine rings is 1. The molecule has 1 heterocycles. The maximum atomic E-state index is 13.9. The molecule has 3 rings (SSSR count). The number of likely N-dealkylation sites (N-methyl/N-ethyl adjacent to an activating group) is 1. The van der Waals surface area contributed by atoms with E-state index >= 15 is 0 Å². The number of para-hydroxylation sites is 1. The van der Waals surface area contributed by atoms with Crippen LogP contribution < -0.4 is 9.80 Å². The number of amides is 1. The molecule has 2 aromatic rings. The van der Waals surface area contributed by atoms with Crippen molar-refractivity contribution < 1.29 is 14.1 Å². The molecule has 0 saturated carbocycles. The second-order valence-corrected chi connectivity index (χ2v) is 7.67. The molecular weight excluding hydrogens is 397 g/mol. The molecule has 26 heavy (non-hydrogen) atoms. The van der Waals surface area contributed by atoms with Crippen molar-refractivity contribution in [2.24, 2.45) is 0 Å². The van der Waals surface area contributed by atoms with Crippen molar-refractivity contribution in [3.05, 3.63) is 64.4 Å². The van der Waals surface area contributed by atoms with Crippen LogP contribution in [0.15, 0.2) is 53.0 Å². The predicted molar refractivity (Wildman–Crippen MR) is 105 cm³/mol. The first kappa shape index (κ1) is 18.9. The molecule has 1 fully saturated rings. The van der Waals surface area contributed by atoms with Crippen molar-refractivity contribution in [2.75, 3.05) is 44.7 Å². The normalized spacial score (nSPS) is 15.8. The molecule has 6 heteroatoms. The summed E-state index contributed by atoms with van der Waals surface area (Å²) >= 11 is 3.44. The zero-order valence-corrected chi connectivity index (χ0v) is 16.5. The number of carbonyl (C=O) groups excluding carboxylic acids is 1. The van der Waals surface area contributed by atoms with Crippen LogP contribution in [-0.2, 0) is 11.3 Å². The van der Waals surface area contributed by atoms with E-state index in [9.17, 15) is 9.18 Å². The number of quaternary nitrogens is 1. The van der Waals surface area contributed by atoms with Gasteiger partial charge >= 0.3 is 0 Å². The second-order valence-electron chi connectivity index (χ2n) is 6.76. The van der Waals surface area contributed by atoms with Crippen LogP contribution in [0.3, 0.4) is 0 Å². The van der Waals surface area contributed by atoms with E-state index in [0.29, 0.717) is 38.4 Å². The van der Waals surface area contributed by atoms with Gasteiger partial charge in [-0.15, -0.1) is 0 Å². The number of halogens is 2. The quantitative estimate of drug-likeness (QED) is 0.800. The fourth-order valence-corrected chi connectivity index (χ4v) is 3.55. The third-order valence-electron chi connectivity index (χ3n) is 4.70. The lowest BCUT2D eigenvalue weighted by molar-refractivity contribution is -0.885. The topological polar surface area (TPSA) is 28.0 Å². The summed E-state index contributed by atoms with van der Waals surface area (Å²) in [5.74, 6) is -0.0428. The van der Waals surface area contributed by atoms with E-state index < -0.39 is 0 Å². The zero-order chi connectivity index (χ0) is 18.5. The van der Waals surface area contributed by atoms with Crippen LogP contribution in [0.5, 0.6) is 0 Å². The Bertz CT molecular complexity index is 745. The molecular formula is C20H24BrFN3O+. The SMILES string of the molecule is C[NH+](CC(=O)N1CCN(c2ccccc2F)CC1)Cc1ccc(Br)cc1. The molecule has 0 aromatic heterocycles. The lowest BCUT2D eigenvalue weighted by atomic mass is 10.2. The summed E-state index contributed by atoms with van der Waals surface area (Å²) in [6, 6.07) is 15.0. The largest absolute Gasteiger partial charge is 0.366 e. The Morgan fingerprint density at radius 2 is 1.73 bits per heavy atom. The van der Waals surface area contributed by atoms with E-state index in [-0.39, 0.29) is 11.7 Å². The van der Waals surface area contributed by atoms with Crippen LogP contribution in [0.25, 0.3) is 0 Å². The molecule has 4 nitrogen and oxygen atoms in total. The fourth-order valence-electron chi connectivity index (χ4n) is 3.29. The Kier molecular flexibility index (Phi) is 6.27. The Balaban J connectivity index is 1.49. The molecule has 1 saturated heterocycles. The summed E-state index contributed by atoms with van der Waals surface area (Å²) in [4.78, 5) is 17.6. The second kappa shape index (κ2) is 8.64. The summed E-state index contributed by atoms with van der Waals surface area (Å²) < 4.78 is 15.0. The van der Waals surface area contributed by atoms with Gasteiger partial charge in [-0.3, -0.25) is 4.79 Å². The monoisotopic (exact) mass is 420 g/mol. The molecule has 1 amide bonds. The van der Waals surface area contributed by atoms with Gasteiger partial charge in [-0.2, -0.15) is 0 Å². The Morgan fingerprint density at radius 1 is 1.08 bits per heavy atom. The van der Waals surface area contributed by atoms with Crippen LogP contribution in [0.4, 0.5) is 10.1 Å². The van der Waals surface area contributed by atoms with Gasteiger partial charge in [-0.1, -0.05) is 40.2 Å². The van der Waals surface area contributed by atoms with E-state index in [4.69, 9.17) is 0 Å². The number of hydrogen-bond acceptors (Lipinski definition) is 2. The number of rotatable bonds is 5. The lowest BCUT2D eigenvalue weighted by Crippen LogP contribution is -3.09. The van der Waals surface area contributed by atoms with Crippen molar-refractivity contribution in [3.63, 3.8) is 0 Å². The fraction of sp³-hybridized carbons (Fsp3) is 0.350. The van der Waals surface area contributed by atoms with Gasteiger partial charge in [-0.05, 0) is 24.3 Å². The maximum Gasteiger partial charge on any atom is 0.277 e. The summed E-state index contributed by atoms with van der Waals surface area (Å²) in [5, 5.41) is 0. The van der Waals surface area contributed by atoms with Crippen molar-refractivity contribution in [1.29, 1.82) is 0 Å². The van der Waals surface area contributed by atoms with Crippen molar-refractivity contribution in [3.8, 4) is 0 Å². The average Bonchev–Trinajstić information content (AvgIpc) is 2.64. The van der Waals surface area contributed by atoms with Gasteiger partial charge in [-0.25, -0.2) is 4.39 Å². The highest BCUT2D eigenvalue weighted by Gasteiger charge is 2.24. The minimum Gasteiger partial charge on any atom is -0.366 e. The first-order valence-corrected chi connectivity index (χ1v) is 9.65. The van der Waals surface area contributed by atoms with Crippen molar-refractivity contribution in [1.82, 2.24) is 4.90 Å². The summed E-state index contributed by atoms with van der Waals surface area (Å²) in [6.45, 7) is 3.89. The van der Waals surface area contributed by atoms with Crippen molar-refractivity contribution in [2.45, 2.75) is 6.54 Å². The Labute approximate surface area is 162 Å². The molecule has 1 aliphatic heterocycles. The van der Waals surface area contributed by atoms with E-state index in [2.05, 4.69) is 28.1 Å². The van der Waals surface area contributed by atoms with Gasteiger partial charge < -0.3 is 14.7 Å². The number of anilines is 1. The van der Waals surface area contributed by atoms with Crippen molar-refractivity contribution >= 4 is 27.5 Å². The van der Waals surface area contributed by atoms with Gasteiger partial charge in [0.2, 0.25) is 0 Å². The number of carbonyl (C=O) groups is 1. The highest BCUT2D eigenvalue weighted by molar-refractivity contribution is 9.10. The first-order valence-electron chi connectivity index (χ1n) is 8.86. The van der Waals surface area contributed by atoms with Crippen LogP contribution in [0.1, 0.15) is 5.56 Å². The minimum atomic E-state index is -0.203. The van der Waals surface area contributed by atoms with Gasteiger partial charge in [0.15, 0.2) is 6.54 Å². The van der Waals surface area contributed by atoms with E-state index in [0.717, 1.165) is 15.9 Å². The van der Waals surface area contributed by atoms with E-state index in [1.807, 2.05) is 35.0 Å². The number of hydrogen-bond donors (Lipinski definition) is 1. The van der Waals surface area contributed by atoms with Gasteiger partial charge in [0, 0.05) is 36.2 Å². The summed E-state index contributed by atoms with van der Waals surface area (Å²) in [7, 11) is 2.04. The minimum absolute atomic E-state index is 0.160. The molecule has 1 aliphatic rings. The molecule has 0 spiro atoms. The summed E-state index contributed by atoms with van der Waals surface area (Å²) in [6.07, 6.45) is 0. The number of nitrogens with one attached hydrogen (secondary N) is 1. The molecule has 138 valence electrons. The van der Waals surface area contributed by atoms with E-state index in [1.54, 1.807) is 12.1 Å². The van der Waals surface area contributed by atoms with Gasteiger partial charge in [0.05, 0.1) is 12.7 Å². The van der Waals surface area contributed by atoms with Crippen LogP contribution in [0, 0.1) is 5.82 Å². The molecule has 0 radical (unpaired) electrons. The Hall–Kier alpha value is -1.92.